The van der Waals surface area contributed by atoms with E-state index in [1.54, 1.807) is 0 Å². The van der Waals surface area contributed by atoms with Crippen molar-refractivity contribution in [1.29, 1.82) is 0 Å². The topological polar surface area (TPSA) is 49.5 Å². The molecule has 5 nitrogen and oxygen atoms in total. The fraction of sp³-hybridized carbons (Fsp3) is 1.00. The van der Waals surface area contributed by atoms with Gasteiger partial charge in [0, 0.05) is 6.61 Å². The van der Waals surface area contributed by atoms with Crippen molar-refractivity contribution < 1.29 is 21.8 Å². The lowest BCUT2D eigenvalue weighted by Gasteiger charge is -2.37. The normalized spacial score (nSPS) is 22.7. The predicted molar refractivity (Wildman–Crippen MR) is 105 cm³/mol. The molecule has 1 heterocycles. The minimum Gasteiger partial charge on any atom is -0.439 e. The van der Waals surface area contributed by atoms with Crippen molar-refractivity contribution in [2.75, 3.05) is 19.8 Å². The van der Waals surface area contributed by atoms with Gasteiger partial charge in [-0.1, -0.05) is 0 Å². The van der Waals surface area contributed by atoms with Gasteiger partial charge in [-0.15, -0.1) is 0 Å². The van der Waals surface area contributed by atoms with Crippen LogP contribution in [0.15, 0.2) is 0 Å². The third-order valence-corrected chi connectivity index (χ3v) is 16.0. The molecule has 0 N–H and O–H groups in total. The summed E-state index contributed by atoms with van der Waals surface area (Å²) < 4.78 is 29.9. The van der Waals surface area contributed by atoms with E-state index >= 15 is 0 Å². The van der Waals surface area contributed by atoms with Gasteiger partial charge in [0.2, 0.25) is 0 Å². The van der Waals surface area contributed by atoms with Crippen LogP contribution in [-0.4, -0.2) is 60.4 Å². The Morgan fingerprint density at radius 2 is 1.61 bits per heavy atom. The van der Waals surface area contributed by atoms with Crippen molar-refractivity contribution in [3.63, 3.8) is 0 Å². The second-order valence-electron chi connectivity index (χ2n) is 8.40. The summed E-state index contributed by atoms with van der Waals surface area (Å²) in [6, 6.07) is 0.967. The molecule has 3 atom stereocenters. The molecule has 0 aliphatic carbocycles. The van der Waals surface area contributed by atoms with E-state index in [-0.39, 0.29) is 0 Å². The maximum atomic E-state index is 6.50. The van der Waals surface area contributed by atoms with Crippen LogP contribution in [0.3, 0.4) is 0 Å². The molecule has 1 rings (SSSR count). The zero-order chi connectivity index (χ0) is 17.7. The highest BCUT2D eigenvalue weighted by Gasteiger charge is 2.38. The van der Waals surface area contributed by atoms with Crippen LogP contribution in [0, 0.1) is 0 Å². The maximum Gasteiger partial charge on any atom is 0.315 e. The molecule has 0 bridgehead atoms. The maximum absolute atomic E-state index is 6.50. The summed E-state index contributed by atoms with van der Waals surface area (Å²) >= 11 is 0. The Bertz CT molecular complexity index is 354. The standard InChI is InChI=1S/C14H36O5Si4/c1-20(17-21(2,3)4)18-23(8,19-22(5,6)7)11-9-10-15-12-14-13-16-14/h14,20H,9-13H2,1-8H3. The molecule has 1 aliphatic heterocycles. The van der Waals surface area contributed by atoms with Gasteiger partial charge in [0.25, 0.3) is 9.28 Å². The van der Waals surface area contributed by atoms with Gasteiger partial charge in [0.15, 0.2) is 16.6 Å². The van der Waals surface area contributed by atoms with E-state index in [9.17, 15) is 0 Å². The Morgan fingerprint density at radius 1 is 1.00 bits per heavy atom. The van der Waals surface area contributed by atoms with Crippen molar-refractivity contribution in [1.82, 2.24) is 0 Å². The second kappa shape index (κ2) is 8.85. The summed E-state index contributed by atoms with van der Waals surface area (Å²) in [5.41, 5.74) is 0. The molecule has 9 heteroatoms. The molecule has 138 valence electrons. The minimum absolute atomic E-state index is 0.339. The monoisotopic (exact) mass is 396 g/mol. The molecular formula is C14H36O5Si4. The summed E-state index contributed by atoms with van der Waals surface area (Å²) in [7, 11) is -7.04. The summed E-state index contributed by atoms with van der Waals surface area (Å²) in [6.45, 7) is 20.0. The smallest absolute Gasteiger partial charge is 0.315 e. The average molecular weight is 397 g/mol. The van der Waals surface area contributed by atoms with Crippen LogP contribution in [-0.2, 0) is 21.8 Å². The molecule has 1 fully saturated rings. The van der Waals surface area contributed by atoms with Crippen LogP contribution in [0.1, 0.15) is 6.42 Å². The number of hydrogen-bond donors (Lipinski definition) is 0. The van der Waals surface area contributed by atoms with Gasteiger partial charge in [-0.2, -0.15) is 0 Å². The van der Waals surface area contributed by atoms with E-state index in [1.165, 1.54) is 0 Å². The van der Waals surface area contributed by atoms with Gasteiger partial charge >= 0.3 is 8.56 Å². The quantitative estimate of drug-likeness (QED) is 0.287. The van der Waals surface area contributed by atoms with Crippen LogP contribution < -0.4 is 0 Å². The largest absolute Gasteiger partial charge is 0.439 e. The molecule has 0 aromatic carbocycles. The number of rotatable bonds is 12. The molecule has 1 saturated heterocycles. The van der Waals surface area contributed by atoms with Gasteiger partial charge in [-0.05, 0) is 64.8 Å². The zero-order valence-electron chi connectivity index (χ0n) is 16.2. The third kappa shape index (κ3) is 11.8. The van der Waals surface area contributed by atoms with E-state index in [1.807, 2.05) is 0 Å². The fourth-order valence-electron chi connectivity index (χ4n) is 2.53. The summed E-state index contributed by atoms with van der Waals surface area (Å²) in [6.07, 6.45) is 1.32. The van der Waals surface area contributed by atoms with E-state index in [0.717, 1.165) is 32.3 Å². The first kappa shape index (κ1) is 21.7. The van der Waals surface area contributed by atoms with E-state index < -0.39 is 34.5 Å². The van der Waals surface area contributed by atoms with Crippen molar-refractivity contribution in [2.24, 2.45) is 0 Å². The second-order valence-corrected chi connectivity index (χ2v) is 23.5. The Kier molecular flexibility index (Phi) is 8.36. The van der Waals surface area contributed by atoms with Gasteiger partial charge in [0.1, 0.15) is 6.10 Å². The molecular weight excluding hydrogens is 360 g/mol. The summed E-state index contributed by atoms with van der Waals surface area (Å²) in [4.78, 5) is 0. The highest BCUT2D eigenvalue weighted by atomic mass is 28.5. The first-order valence-electron chi connectivity index (χ1n) is 8.64. The lowest BCUT2D eigenvalue weighted by atomic mass is 10.5. The van der Waals surface area contributed by atoms with Crippen LogP contribution in [0.25, 0.3) is 0 Å². The molecule has 0 aromatic heterocycles. The van der Waals surface area contributed by atoms with Crippen LogP contribution in [0.4, 0.5) is 0 Å². The van der Waals surface area contributed by atoms with Crippen molar-refractivity contribution in [2.45, 2.75) is 70.9 Å². The first-order chi connectivity index (χ1) is 10.4. The highest BCUT2D eigenvalue weighted by molar-refractivity contribution is 6.85. The van der Waals surface area contributed by atoms with Crippen molar-refractivity contribution in [3.8, 4) is 0 Å². The molecule has 0 radical (unpaired) electrons. The molecule has 3 unspecified atom stereocenters. The van der Waals surface area contributed by atoms with Crippen LogP contribution >= 0.6 is 0 Å². The highest BCUT2D eigenvalue weighted by Crippen LogP contribution is 2.23. The molecule has 0 spiro atoms. The van der Waals surface area contributed by atoms with Crippen LogP contribution in [0.5, 0.6) is 0 Å². The molecule has 1 aliphatic rings. The van der Waals surface area contributed by atoms with Gasteiger partial charge in [0.05, 0.1) is 13.2 Å². The van der Waals surface area contributed by atoms with E-state index in [2.05, 4.69) is 52.4 Å². The van der Waals surface area contributed by atoms with Gasteiger partial charge in [-0.3, -0.25) is 0 Å². The molecule has 23 heavy (non-hydrogen) atoms. The Labute approximate surface area is 147 Å². The fourth-order valence-corrected chi connectivity index (χ4v) is 17.4. The summed E-state index contributed by atoms with van der Waals surface area (Å²) in [5, 5.41) is 0. The minimum atomic E-state index is -2.20. The van der Waals surface area contributed by atoms with Crippen LogP contribution in [0.2, 0.25) is 58.4 Å². The molecule has 0 amide bonds. The lowest BCUT2D eigenvalue weighted by Crippen LogP contribution is -2.51. The number of epoxide rings is 1. The molecule has 0 saturated carbocycles. The lowest BCUT2D eigenvalue weighted by molar-refractivity contribution is 0.116. The summed E-state index contributed by atoms with van der Waals surface area (Å²) in [5.74, 6) is 0. The van der Waals surface area contributed by atoms with E-state index in [0.29, 0.717) is 6.10 Å². The van der Waals surface area contributed by atoms with E-state index in [4.69, 9.17) is 21.8 Å². The number of hydrogen-bond acceptors (Lipinski definition) is 5. The SMILES string of the molecule is C[SiH](O[Si](C)(C)C)O[Si](C)(CCCOCC1CO1)O[Si](C)(C)C. The number of ether oxygens (including phenoxy) is 2. The van der Waals surface area contributed by atoms with Crippen molar-refractivity contribution >= 4 is 34.5 Å². The molecule has 0 aromatic rings. The Hall–Kier alpha value is 0.668. The van der Waals surface area contributed by atoms with Crippen molar-refractivity contribution in [3.05, 3.63) is 0 Å². The van der Waals surface area contributed by atoms with Gasteiger partial charge in [-0.25, -0.2) is 0 Å². The Morgan fingerprint density at radius 3 is 2.09 bits per heavy atom. The zero-order valence-corrected chi connectivity index (χ0v) is 20.4. The first-order valence-corrected chi connectivity index (χ1v) is 20.1. The Balaban J connectivity index is 2.46. The average Bonchev–Trinajstić information content (AvgIpc) is 3.06. The third-order valence-electron chi connectivity index (χ3n) is 3.08. The predicted octanol–water partition coefficient (Wildman–Crippen LogP) is 3.43. The van der Waals surface area contributed by atoms with Gasteiger partial charge < -0.3 is 21.8 Å².